The van der Waals surface area contributed by atoms with Crippen LogP contribution in [0.15, 0.2) is 78.9 Å². The van der Waals surface area contributed by atoms with Crippen molar-refractivity contribution in [3.05, 3.63) is 95.6 Å². The van der Waals surface area contributed by atoms with Gasteiger partial charge in [-0.3, -0.25) is 19.2 Å². The lowest BCUT2D eigenvalue weighted by Crippen LogP contribution is -2.54. The molecule has 1 saturated heterocycles. The average Bonchev–Trinajstić information content (AvgIpc) is 3.95. The topological polar surface area (TPSA) is 156 Å². The Hall–Kier alpha value is -5.80. The SMILES string of the molecule is Cc1ccc(O)c(NC(=O)C2C3C=CC(C3)C2C(=O)Nc2cc(C(c3ccc(O)c(N4C(=O)C5C6C=CC(C6)C5C4=O)c3)(C(F)(F)F)C(F)(F)F)ccc2O)c1. The zero-order valence-electron chi connectivity index (χ0n) is 29.2. The standard InChI is InChI=1S/C40H33F6N3O7/c1-17-2-9-27(50)24(12-17)47-34(53)30-18-3-4-19(13-18)31(30)35(54)48-25-15-22(7-10-28(25)51)38(39(41,42)43,40(44,45)46)23-8-11-29(52)26(16-23)49-36(55)32-20-5-6-21(14-20)33(32)37(49)56/h2-12,15-16,18-21,30-33,50-52H,13-14H2,1H3,(H,47,53)(H,48,54). The fraction of sp³-hybridized carbons (Fsp3) is 0.350. The van der Waals surface area contributed by atoms with Crippen molar-refractivity contribution in [3.63, 3.8) is 0 Å². The van der Waals surface area contributed by atoms with Crippen molar-refractivity contribution >= 4 is 40.7 Å². The van der Waals surface area contributed by atoms with Crippen molar-refractivity contribution in [2.75, 3.05) is 15.5 Å². The quantitative estimate of drug-likeness (QED) is 0.0760. The van der Waals surface area contributed by atoms with E-state index in [0.717, 1.165) is 0 Å². The van der Waals surface area contributed by atoms with Crippen molar-refractivity contribution in [1.82, 2.24) is 0 Å². The fourth-order valence-electron chi connectivity index (χ4n) is 9.65. The molecule has 16 heteroatoms. The van der Waals surface area contributed by atoms with Crippen LogP contribution >= 0.6 is 0 Å². The van der Waals surface area contributed by atoms with E-state index >= 15 is 26.3 Å². The molecule has 5 N–H and O–H groups in total. The van der Waals surface area contributed by atoms with E-state index in [9.17, 15) is 34.5 Å². The highest BCUT2D eigenvalue weighted by Gasteiger charge is 2.73. The summed E-state index contributed by atoms with van der Waals surface area (Å²) in [4.78, 5) is 54.9. The van der Waals surface area contributed by atoms with Gasteiger partial charge >= 0.3 is 12.4 Å². The first-order valence-corrected chi connectivity index (χ1v) is 17.8. The van der Waals surface area contributed by atoms with Gasteiger partial charge in [0.15, 0.2) is 0 Å². The number of hydrogen-bond acceptors (Lipinski definition) is 7. The molecule has 0 spiro atoms. The number of nitrogens with one attached hydrogen (secondary N) is 2. The summed E-state index contributed by atoms with van der Waals surface area (Å²) in [5.41, 5.74) is -8.75. The maximum absolute atomic E-state index is 15.4. The summed E-state index contributed by atoms with van der Waals surface area (Å²) >= 11 is 0. The molecule has 8 atom stereocenters. The second-order valence-electron chi connectivity index (χ2n) is 15.2. The predicted octanol–water partition coefficient (Wildman–Crippen LogP) is 6.85. The molecule has 0 aromatic heterocycles. The summed E-state index contributed by atoms with van der Waals surface area (Å²) in [6.07, 6.45) is -4.58. The van der Waals surface area contributed by atoms with Crippen LogP contribution in [0, 0.1) is 54.3 Å². The number of carbonyl (C=O) groups is 4. The molecule has 5 aliphatic rings. The van der Waals surface area contributed by atoms with Crippen LogP contribution < -0.4 is 15.5 Å². The van der Waals surface area contributed by atoms with Crippen molar-refractivity contribution in [2.24, 2.45) is 47.3 Å². The number of allylic oxidation sites excluding steroid dienone is 4. The van der Waals surface area contributed by atoms with Gasteiger partial charge in [0.05, 0.1) is 40.7 Å². The van der Waals surface area contributed by atoms with Gasteiger partial charge in [-0.1, -0.05) is 42.5 Å². The Kier molecular flexibility index (Phi) is 8.36. The van der Waals surface area contributed by atoms with Crippen molar-refractivity contribution in [1.29, 1.82) is 0 Å². The summed E-state index contributed by atoms with van der Waals surface area (Å²) < 4.78 is 92.2. The zero-order valence-corrected chi connectivity index (χ0v) is 29.2. The highest BCUT2D eigenvalue weighted by molar-refractivity contribution is 6.23. The molecule has 4 aliphatic carbocycles. The van der Waals surface area contributed by atoms with Gasteiger partial charge in [0.2, 0.25) is 29.0 Å². The number of nitrogens with zero attached hydrogens (tertiary/aromatic N) is 1. The van der Waals surface area contributed by atoms with Gasteiger partial charge in [-0.25, -0.2) is 4.90 Å². The molecule has 2 saturated carbocycles. The summed E-state index contributed by atoms with van der Waals surface area (Å²) in [5.74, 6) is -10.9. The second kappa shape index (κ2) is 12.6. The number of amides is 4. The Morgan fingerprint density at radius 1 is 0.625 bits per heavy atom. The number of phenols is 3. The van der Waals surface area contributed by atoms with E-state index in [0.29, 0.717) is 59.7 Å². The van der Waals surface area contributed by atoms with Crippen LogP contribution in [0.2, 0.25) is 0 Å². The molecule has 3 aromatic rings. The van der Waals surface area contributed by atoms with Crippen LogP contribution in [0.4, 0.5) is 43.4 Å². The summed E-state index contributed by atoms with van der Waals surface area (Å²) in [6, 6.07) is 7.02. The third-order valence-electron chi connectivity index (χ3n) is 12.1. The number of halogens is 6. The lowest BCUT2D eigenvalue weighted by atomic mass is 9.72. The van der Waals surface area contributed by atoms with Crippen LogP contribution in [-0.2, 0) is 24.6 Å². The predicted molar refractivity (Wildman–Crippen MR) is 187 cm³/mol. The van der Waals surface area contributed by atoms with Gasteiger partial charge in [-0.05, 0) is 96.5 Å². The minimum Gasteiger partial charge on any atom is -0.506 e. The van der Waals surface area contributed by atoms with E-state index in [1.165, 1.54) is 12.1 Å². The highest BCUT2D eigenvalue weighted by atomic mass is 19.4. The van der Waals surface area contributed by atoms with Crippen LogP contribution in [-0.4, -0.2) is 51.3 Å². The Labute approximate surface area is 314 Å². The first kappa shape index (κ1) is 37.1. The van der Waals surface area contributed by atoms with E-state index in [1.807, 2.05) is 0 Å². The first-order valence-electron chi connectivity index (χ1n) is 17.8. The van der Waals surface area contributed by atoms with E-state index in [-0.39, 0.29) is 23.3 Å². The largest absolute Gasteiger partial charge is 0.506 e. The van der Waals surface area contributed by atoms with Gasteiger partial charge < -0.3 is 26.0 Å². The van der Waals surface area contributed by atoms with Gasteiger partial charge in [0.25, 0.3) is 0 Å². The number of fused-ring (bicyclic) bond motifs is 7. The molecule has 0 radical (unpaired) electrons. The first-order chi connectivity index (χ1) is 26.3. The normalized spacial score (nSPS) is 27.7. The van der Waals surface area contributed by atoms with Crippen LogP contribution in [0.25, 0.3) is 0 Å². The summed E-state index contributed by atoms with van der Waals surface area (Å²) in [7, 11) is 0. The Bertz CT molecular complexity index is 2220. The summed E-state index contributed by atoms with van der Waals surface area (Å²) in [5, 5.41) is 36.6. The smallest absolute Gasteiger partial charge is 0.411 e. The minimum atomic E-state index is -6.17. The van der Waals surface area contributed by atoms with Crippen LogP contribution in [0.5, 0.6) is 17.2 Å². The number of hydrogen-bond donors (Lipinski definition) is 5. The fourth-order valence-corrected chi connectivity index (χ4v) is 9.65. The highest BCUT2D eigenvalue weighted by Crippen LogP contribution is 2.59. The van der Waals surface area contributed by atoms with E-state index in [4.69, 9.17) is 0 Å². The third kappa shape index (κ3) is 5.39. The molecule has 4 bridgehead atoms. The molecular formula is C40H33F6N3O7. The Balaban J connectivity index is 1.16. The number of rotatable bonds is 7. The molecule has 292 valence electrons. The maximum Gasteiger partial charge on any atom is 0.411 e. The molecule has 10 nitrogen and oxygen atoms in total. The van der Waals surface area contributed by atoms with Crippen molar-refractivity contribution in [2.45, 2.75) is 37.5 Å². The van der Waals surface area contributed by atoms with E-state index < -0.39 is 111 Å². The number of alkyl halides is 6. The molecule has 3 aromatic carbocycles. The summed E-state index contributed by atoms with van der Waals surface area (Å²) in [6.45, 7) is 1.72. The molecule has 4 amide bonds. The molecule has 1 heterocycles. The number of carbonyl (C=O) groups excluding carboxylic acids is 4. The lowest BCUT2D eigenvalue weighted by molar-refractivity contribution is -0.288. The van der Waals surface area contributed by atoms with Crippen molar-refractivity contribution < 1.29 is 60.8 Å². The van der Waals surface area contributed by atoms with Crippen LogP contribution in [0.1, 0.15) is 29.5 Å². The van der Waals surface area contributed by atoms with Crippen LogP contribution in [0.3, 0.4) is 0 Å². The molecule has 56 heavy (non-hydrogen) atoms. The molecular weight excluding hydrogens is 748 g/mol. The molecule has 1 aliphatic heterocycles. The molecule has 3 fully saturated rings. The average molecular weight is 782 g/mol. The van der Waals surface area contributed by atoms with E-state index in [2.05, 4.69) is 10.6 Å². The number of benzene rings is 3. The zero-order chi connectivity index (χ0) is 40.2. The number of anilines is 3. The molecule has 8 unspecified atom stereocenters. The second-order valence-corrected chi connectivity index (χ2v) is 15.2. The minimum absolute atomic E-state index is 0.0738. The number of imide groups is 1. The van der Waals surface area contributed by atoms with E-state index in [1.54, 1.807) is 37.3 Å². The van der Waals surface area contributed by atoms with Gasteiger partial charge in [0.1, 0.15) is 17.2 Å². The number of aryl methyl sites for hydroxylation is 1. The number of phenolic OH excluding ortho intramolecular Hbond substituents is 3. The maximum atomic E-state index is 15.4. The lowest BCUT2D eigenvalue weighted by Gasteiger charge is -2.39. The van der Waals surface area contributed by atoms with Gasteiger partial charge in [0, 0.05) is 0 Å². The monoisotopic (exact) mass is 781 g/mol. The third-order valence-corrected chi connectivity index (χ3v) is 12.1. The Morgan fingerprint density at radius 2 is 1.05 bits per heavy atom. The number of aromatic hydroxyl groups is 3. The molecule has 8 rings (SSSR count). The Morgan fingerprint density at radius 3 is 1.57 bits per heavy atom. The van der Waals surface area contributed by atoms with Gasteiger partial charge in [-0.2, -0.15) is 26.3 Å². The van der Waals surface area contributed by atoms with Gasteiger partial charge in [-0.15, -0.1) is 0 Å². The van der Waals surface area contributed by atoms with Crippen molar-refractivity contribution in [3.8, 4) is 17.2 Å².